The van der Waals surface area contributed by atoms with Crippen LogP contribution in [0.15, 0.2) is 59.0 Å². The van der Waals surface area contributed by atoms with Crippen LogP contribution >= 0.6 is 11.3 Å². The first-order valence-corrected chi connectivity index (χ1v) is 11.2. The third kappa shape index (κ3) is 4.72. The Balaban J connectivity index is 1.56. The van der Waals surface area contributed by atoms with Gasteiger partial charge in [0.2, 0.25) is 0 Å². The van der Waals surface area contributed by atoms with Crippen LogP contribution in [0, 0.1) is 5.82 Å². The molecule has 0 fully saturated rings. The zero-order valence-electron chi connectivity index (χ0n) is 18.5. The second-order valence-corrected chi connectivity index (χ2v) is 8.35. The Morgan fingerprint density at radius 1 is 1.15 bits per heavy atom. The quantitative estimate of drug-likeness (QED) is 0.402. The molecule has 1 aliphatic rings. The number of carbonyl (C=O) groups excluding carboxylic acids is 2. The van der Waals surface area contributed by atoms with Crippen LogP contribution in [-0.2, 0) is 9.53 Å². The fraction of sp³-hybridized carbons (Fsp3) is 0.208. The summed E-state index contributed by atoms with van der Waals surface area (Å²) in [6.45, 7) is -0.555. The van der Waals surface area contributed by atoms with E-state index in [1.165, 1.54) is 29.5 Å². The molecular formula is C24H22FN3O5S. The van der Waals surface area contributed by atoms with Gasteiger partial charge in [0.1, 0.15) is 5.82 Å². The van der Waals surface area contributed by atoms with Gasteiger partial charge in [-0.1, -0.05) is 12.1 Å². The smallest absolute Gasteiger partial charge is 0.340 e. The van der Waals surface area contributed by atoms with Gasteiger partial charge in [0.15, 0.2) is 18.1 Å². The first kappa shape index (κ1) is 23.2. The predicted octanol–water partition coefficient (Wildman–Crippen LogP) is 4.02. The second kappa shape index (κ2) is 9.92. The molecule has 0 aliphatic carbocycles. The molecule has 2 aromatic carbocycles. The molecule has 0 saturated carbocycles. The molecule has 34 heavy (non-hydrogen) atoms. The maximum absolute atomic E-state index is 13.3. The van der Waals surface area contributed by atoms with Gasteiger partial charge in [0.25, 0.3) is 5.91 Å². The summed E-state index contributed by atoms with van der Waals surface area (Å²) >= 11 is 1.52. The number of carbonyl (C=O) groups is 2. The van der Waals surface area contributed by atoms with E-state index in [-0.39, 0.29) is 11.3 Å². The summed E-state index contributed by atoms with van der Waals surface area (Å²) < 4.78 is 29.2. The summed E-state index contributed by atoms with van der Waals surface area (Å²) in [6.07, 6.45) is 0.473. The number of ether oxygens (including phenoxy) is 3. The van der Waals surface area contributed by atoms with Crippen molar-refractivity contribution in [3.8, 4) is 11.5 Å². The lowest BCUT2D eigenvalue weighted by Gasteiger charge is -2.23. The van der Waals surface area contributed by atoms with E-state index >= 15 is 0 Å². The van der Waals surface area contributed by atoms with Gasteiger partial charge < -0.3 is 19.9 Å². The normalized spacial score (nSPS) is 15.1. The maximum atomic E-state index is 13.3. The standard InChI is InChI=1S/C24H22FN3O5S/c1-31-20-8-5-14(10-21(20)32-2)19-12-18(22-4-3-9-34-22)27-28(19)23(29)13-33-24(30)16-7-6-15(25)11-17(16)26/h3-11,19H,12-13,26H2,1-2H3. The van der Waals surface area contributed by atoms with E-state index in [4.69, 9.17) is 19.9 Å². The minimum Gasteiger partial charge on any atom is -0.493 e. The lowest BCUT2D eigenvalue weighted by molar-refractivity contribution is -0.136. The molecule has 0 radical (unpaired) electrons. The SMILES string of the molecule is COc1ccc(C2CC(c3cccs3)=NN2C(=O)COC(=O)c2ccc(F)cc2N)cc1OC. The highest BCUT2D eigenvalue weighted by atomic mass is 32.1. The summed E-state index contributed by atoms with van der Waals surface area (Å²) in [5.74, 6) is -0.825. The number of hydrazone groups is 1. The number of benzene rings is 2. The molecule has 0 spiro atoms. The van der Waals surface area contributed by atoms with Crippen molar-refractivity contribution >= 4 is 34.6 Å². The molecule has 1 aromatic heterocycles. The molecule has 1 aliphatic heterocycles. The molecule has 1 amide bonds. The molecule has 1 unspecified atom stereocenters. The summed E-state index contributed by atoms with van der Waals surface area (Å²) in [5.41, 5.74) is 7.14. The third-order valence-corrected chi connectivity index (χ3v) is 6.24. The van der Waals surface area contributed by atoms with Crippen LogP contribution in [-0.4, -0.2) is 43.4 Å². The van der Waals surface area contributed by atoms with Crippen molar-refractivity contribution in [3.63, 3.8) is 0 Å². The van der Waals surface area contributed by atoms with Gasteiger partial charge in [-0.2, -0.15) is 5.10 Å². The van der Waals surface area contributed by atoms with E-state index in [2.05, 4.69) is 5.10 Å². The van der Waals surface area contributed by atoms with Crippen LogP contribution in [0.1, 0.15) is 33.3 Å². The molecule has 2 N–H and O–H groups in total. The van der Waals surface area contributed by atoms with Gasteiger partial charge in [-0.3, -0.25) is 4.79 Å². The minimum absolute atomic E-state index is 0.0187. The van der Waals surface area contributed by atoms with Crippen molar-refractivity contribution in [2.24, 2.45) is 5.10 Å². The van der Waals surface area contributed by atoms with E-state index in [9.17, 15) is 14.0 Å². The van der Waals surface area contributed by atoms with Crippen LogP contribution < -0.4 is 15.2 Å². The average Bonchev–Trinajstić information content (AvgIpc) is 3.52. The second-order valence-electron chi connectivity index (χ2n) is 7.40. The van der Waals surface area contributed by atoms with Gasteiger partial charge >= 0.3 is 5.97 Å². The highest BCUT2D eigenvalue weighted by Crippen LogP contribution is 2.37. The average molecular weight is 484 g/mol. The number of anilines is 1. The Bertz CT molecular complexity index is 1250. The van der Waals surface area contributed by atoms with Crippen molar-refractivity contribution in [2.45, 2.75) is 12.5 Å². The molecular weight excluding hydrogens is 461 g/mol. The van der Waals surface area contributed by atoms with Crippen LogP contribution in [0.2, 0.25) is 0 Å². The maximum Gasteiger partial charge on any atom is 0.340 e. The number of rotatable bonds is 7. The Kier molecular flexibility index (Phi) is 6.78. The van der Waals surface area contributed by atoms with E-state index < -0.39 is 30.3 Å². The Morgan fingerprint density at radius 3 is 2.62 bits per heavy atom. The fourth-order valence-corrected chi connectivity index (χ4v) is 4.36. The van der Waals surface area contributed by atoms with Crippen molar-refractivity contribution < 1.29 is 28.2 Å². The molecule has 176 valence electrons. The van der Waals surface area contributed by atoms with E-state index in [0.717, 1.165) is 28.3 Å². The predicted molar refractivity (Wildman–Crippen MR) is 126 cm³/mol. The Labute approximate surface area is 199 Å². The first-order valence-electron chi connectivity index (χ1n) is 10.3. The number of amides is 1. The molecule has 0 saturated heterocycles. The molecule has 8 nitrogen and oxygen atoms in total. The number of hydrogen-bond acceptors (Lipinski definition) is 8. The number of esters is 1. The van der Waals surface area contributed by atoms with Crippen molar-refractivity contribution in [2.75, 3.05) is 26.6 Å². The summed E-state index contributed by atoms with van der Waals surface area (Å²) in [5, 5.41) is 7.79. The summed E-state index contributed by atoms with van der Waals surface area (Å²) in [6, 6.07) is 12.1. The fourth-order valence-electron chi connectivity index (χ4n) is 3.64. The monoisotopic (exact) mass is 483 g/mol. The minimum atomic E-state index is -0.824. The molecule has 1 atom stereocenters. The topological polar surface area (TPSA) is 103 Å². The van der Waals surface area contributed by atoms with Gasteiger partial charge in [-0.05, 0) is 47.3 Å². The largest absolute Gasteiger partial charge is 0.493 e. The molecule has 3 aromatic rings. The number of halogens is 1. The zero-order chi connectivity index (χ0) is 24.2. The number of thiophene rings is 1. The van der Waals surface area contributed by atoms with Crippen LogP contribution in [0.3, 0.4) is 0 Å². The highest BCUT2D eigenvalue weighted by Gasteiger charge is 2.34. The lowest BCUT2D eigenvalue weighted by Crippen LogP contribution is -2.31. The Morgan fingerprint density at radius 2 is 1.94 bits per heavy atom. The van der Waals surface area contributed by atoms with Gasteiger partial charge in [0.05, 0.1) is 36.4 Å². The van der Waals surface area contributed by atoms with Gasteiger partial charge in [-0.15, -0.1) is 11.3 Å². The zero-order valence-corrected chi connectivity index (χ0v) is 19.3. The highest BCUT2D eigenvalue weighted by molar-refractivity contribution is 7.12. The van der Waals surface area contributed by atoms with Gasteiger partial charge in [-0.25, -0.2) is 14.2 Å². The van der Waals surface area contributed by atoms with Crippen molar-refractivity contribution in [1.29, 1.82) is 0 Å². The molecule has 2 heterocycles. The molecule has 10 heteroatoms. The first-order chi connectivity index (χ1) is 16.4. The summed E-state index contributed by atoms with van der Waals surface area (Å²) in [4.78, 5) is 26.4. The number of methoxy groups -OCH3 is 2. The van der Waals surface area contributed by atoms with Crippen LogP contribution in [0.5, 0.6) is 11.5 Å². The lowest BCUT2D eigenvalue weighted by atomic mass is 10.0. The summed E-state index contributed by atoms with van der Waals surface area (Å²) in [7, 11) is 3.08. The number of hydrogen-bond donors (Lipinski definition) is 1. The van der Waals surface area contributed by atoms with Crippen LogP contribution in [0.4, 0.5) is 10.1 Å². The van der Waals surface area contributed by atoms with E-state index in [0.29, 0.717) is 17.9 Å². The van der Waals surface area contributed by atoms with Gasteiger partial charge in [0, 0.05) is 12.1 Å². The van der Waals surface area contributed by atoms with Crippen LogP contribution in [0.25, 0.3) is 0 Å². The number of nitrogens with zero attached hydrogens (tertiary/aromatic N) is 2. The third-order valence-electron chi connectivity index (χ3n) is 5.32. The molecule has 4 rings (SSSR count). The Hall–Kier alpha value is -3.92. The molecule has 0 bridgehead atoms. The van der Waals surface area contributed by atoms with E-state index in [1.54, 1.807) is 19.2 Å². The van der Waals surface area contributed by atoms with Crippen molar-refractivity contribution in [3.05, 3.63) is 75.7 Å². The van der Waals surface area contributed by atoms with Crippen molar-refractivity contribution in [1.82, 2.24) is 5.01 Å². The number of nitrogen functional groups attached to an aromatic ring is 1. The number of nitrogens with two attached hydrogens (primary N) is 1. The van der Waals surface area contributed by atoms with E-state index in [1.807, 2.05) is 23.6 Å².